The fourth-order valence-electron chi connectivity index (χ4n) is 3.47. The van der Waals surface area contributed by atoms with Crippen LogP contribution < -0.4 is 19.5 Å². The predicted octanol–water partition coefficient (Wildman–Crippen LogP) is 3.95. The van der Waals surface area contributed by atoms with E-state index in [9.17, 15) is 0 Å². The molecule has 0 radical (unpaired) electrons. The third kappa shape index (κ3) is 3.36. The summed E-state index contributed by atoms with van der Waals surface area (Å²) in [7, 11) is 4.90. The zero-order valence-corrected chi connectivity index (χ0v) is 13.9. The molecule has 21 heavy (non-hydrogen) atoms. The lowest BCUT2D eigenvalue weighted by atomic mass is 9.91. The number of anilines is 1. The highest BCUT2D eigenvalue weighted by Crippen LogP contribution is 2.44. The van der Waals surface area contributed by atoms with Crippen LogP contribution in [-0.2, 0) is 0 Å². The molecular weight excluding hydrogens is 266 g/mol. The third-order valence-corrected chi connectivity index (χ3v) is 4.35. The van der Waals surface area contributed by atoms with E-state index in [2.05, 4.69) is 26.1 Å². The van der Waals surface area contributed by atoms with Crippen LogP contribution in [0, 0.1) is 11.3 Å². The van der Waals surface area contributed by atoms with Crippen LogP contribution in [0.15, 0.2) is 12.1 Å². The van der Waals surface area contributed by atoms with Crippen molar-refractivity contribution in [2.45, 2.75) is 39.7 Å². The minimum atomic E-state index is 0.401. The number of benzene rings is 1. The monoisotopic (exact) mass is 293 g/mol. The molecule has 4 nitrogen and oxygen atoms in total. The maximum Gasteiger partial charge on any atom is 0.203 e. The van der Waals surface area contributed by atoms with Gasteiger partial charge in [-0.1, -0.05) is 20.8 Å². The van der Waals surface area contributed by atoms with Gasteiger partial charge in [-0.25, -0.2) is 0 Å². The first-order chi connectivity index (χ1) is 9.90. The van der Waals surface area contributed by atoms with E-state index in [0.29, 0.717) is 34.6 Å². The van der Waals surface area contributed by atoms with E-state index in [1.165, 1.54) is 12.8 Å². The predicted molar refractivity (Wildman–Crippen MR) is 85.7 cm³/mol. The van der Waals surface area contributed by atoms with Gasteiger partial charge < -0.3 is 19.5 Å². The molecule has 2 atom stereocenters. The van der Waals surface area contributed by atoms with Gasteiger partial charge in [0.15, 0.2) is 11.5 Å². The molecule has 1 aromatic rings. The molecule has 0 heterocycles. The lowest BCUT2D eigenvalue weighted by Gasteiger charge is -2.21. The SMILES string of the molecule is COc1cc(NC2CC(C)(C)CC2C)cc(OC)c1OC. The van der Waals surface area contributed by atoms with Crippen molar-refractivity contribution in [3.8, 4) is 17.2 Å². The number of methoxy groups -OCH3 is 3. The van der Waals surface area contributed by atoms with Crippen molar-refractivity contribution in [3.63, 3.8) is 0 Å². The number of rotatable bonds is 5. The first-order valence-corrected chi connectivity index (χ1v) is 7.46. The summed E-state index contributed by atoms with van der Waals surface area (Å²) in [4.78, 5) is 0. The molecule has 0 amide bonds. The van der Waals surface area contributed by atoms with E-state index in [1.54, 1.807) is 21.3 Å². The highest BCUT2D eigenvalue weighted by Gasteiger charge is 2.36. The fraction of sp³-hybridized carbons (Fsp3) is 0.647. The smallest absolute Gasteiger partial charge is 0.203 e. The zero-order valence-electron chi connectivity index (χ0n) is 13.9. The van der Waals surface area contributed by atoms with Gasteiger partial charge in [0.1, 0.15) is 0 Å². The number of nitrogens with one attached hydrogen (secondary N) is 1. The molecule has 2 rings (SSSR count). The molecular formula is C17H27NO3. The summed E-state index contributed by atoms with van der Waals surface area (Å²) in [6, 6.07) is 4.42. The van der Waals surface area contributed by atoms with Gasteiger partial charge in [-0.3, -0.25) is 0 Å². The first kappa shape index (κ1) is 15.8. The molecule has 0 saturated heterocycles. The minimum Gasteiger partial charge on any atom is -0.493 e. The Hall–Kier alpha value is -1.58. The summed E-state index contributed by atoms with van der Waals surface area (Å²) in [6.07, 6.45) is 2.42. The van der Waals surface area contributed by atoms with Crippen LogP contribution in [-0.4, -0.2) is 27.4 Å². The van der Waals surface area contributed by atoms with Crippen molar-refractivity contribution >= 4 is 5.69 Å². The van der Waals surface area contributed by atoms with Gasteiger partial charge in [0.2, 0.25) is 5.75 Å². The van der Waals surface area contributed by atoms with Crippen molar-refractivity contribution in [1.82, 2.24) is 0 Å². The van der Waals surface area contributed by atoms with Gasteiger partial charge >= 0.3 is 0 Å². The van der Waals surface area contributed by atoms with Crippen LogP contribution in [0.1, 0.15) is 33.6 Å². The molecule has 1 aliphatic carbocycles. The van der Waals surface area contributed by atoms with Crippen molar-refractivity contribution in [2.24, 2.45) is 11.3 Å². The van der Waals surface area contributed by atoms with Gasteiger partial charge in [-0.2, -0.15) is 0 Å². The van der Waals surface area contributed by atoms with Crippen molar-refractivity contribution < 1.29 is 14.2 Å². The summed E-state index contributed by atoms with van der Waals surface area (Å²) in [5, 5.41) is 3.63. The summed E-state index contributed by atoms with van der Waals surface area (Å²) in [5.74, 6) is 2.65. The second-order valence-electron chi connectivity index (χ2n) is 6.71. The third-order valence-electron chi connectivity index (χ3n) is 4.35. The summed E-state index contributed by atoms with van der Waals surface area (Å²) in [5.41, 5.74) is 1.41. The van der Waals surface area contributed by atoms with Crippen molar-refractivity contribution in [3.05, 3.63) is 12.1 Å². The van der Waals surface area contributed by atoms with Crippen LogP contribution >= 0.6 is 0 Å². The molecule has 0 aromatic heterocycles. The van der Waals surface area contributed by atoms with E-state index in [-0.39, 0.29) is 0 Å². The molecule has 1 aromatic carbocycles. The van der Waals surface area contributed by atoms with Gasteiger partial charge in [0, 0.05) is 23.9 Å². The van der Waals surface area contributed by atoms with Crippen LogP contribution in [0.2, 0.25) is 0 Å². The number of ether oxygens (including phenoxy) is 3. The lowest BCUT2D eigenvalue weighted by molar-refractivity contribution is 0.324. The topological polar surface area (TPSA) is 39.7 Å². The van der Waals surface area contributed by atoms with Gasteiger partial charge in [0.25, 0.3) is 0 Å². The maximum atomic E-state index is 5.41. The molecule has 2 unspecified atom stereocenters. The normalized spacial score (nSPS) is 23.7. The van der Waals surface area contributed by atoms with E-state index in [1.807, 2.05) is 12.1 Å². The number of hydrogen-bond donors (Lipinski definition) is 1. The van der Waals surface area contributed by atoms with Gasteiger partial charge in [-0.05, 0) is 24.2 Å². The largest absolute Gasteiger partial charge is 0.493 e. The second-order valence-corrected chi connectivity index (χ2v) is 6.71. The average molecular weight is 293 g/mol. The summed E-state index contributed by atoms with van der Waals surface area (Å²) >= 11 is 0. The Balaban J connectivity index is 2.25. The lowest BCUT2D eigenvalue weighted by Crippen LogP contribution is -2.22. The molecule has 1 aliphatic rings. The fourth-order valence-corrected chi connectivity index (χ4v) is 3.47. The van der Waals surface area contributed by atoms with E-state index in [4.69, 9.17) is 14.2 Å². The summed E-state index contributed by atoms with van der Waals surface area (Å²) < 4.78 is 16.2. The molecule has 1 fully saturated rings. The molecule has 4 heteroatoms. The van der Waals surface area contributed by atoms with Crippen LogP contribution in [0.25, 0.3) is 0 Å². The molecule has 1 N–H and O–H groups in total. The maximum absolute atomic E-state index is 5.41. The summed E-state index contributed by atoms with van der Waals surface area (Å²) in [6.45, 7) is 6.98. The molecule has 118 valence electrons. The standard InChI is InChI=1S/C17H27NO3/c1-11-9-17(2,3)10-13(11)18-12-7-14(19-4)16(21-6)15(8-12)20-5/h7-8,11,13,18H,9-10H2,1-6H3. The van der Waals surface area contributed by atoms with E-state index in [0.717, 1.165) is 5.69 Å². The van der Waals surface area contributed by atoms with Crippen molar-refractivity contribution in [2.75, 3.05) is 26.6 Å². The van der Waals surface area contributed by atoms with Gasteiger partial charge in [0.05, 0.1) is 21.3 Å². The highest BCUT2D eigenvalue weighted by molar-refractivity contribution is 5.63. The van der Waals surface area contributed by atoms with Gasteiger partial charge in [-0.15, -0.1) is 0 Å². The Morgan fingerprint density at radius 1 is 1.00 bits per heavy atom. The quantitative estimate of drug-likeness (QED) is 0.892. The Morgan fingerprint density at radius 3 is 1.95 bits per heavy atom. The Labute approximate surface area is 127 Å². The van der Waals surface area contributed by atoms with Crippen molar-refractivity contribution in [1.29, 1.82) is 0 Å². The van der Waals surface area contributed by atoms with Crippen LogP contribution in [0.3, 0.4) is 0 Å². The molecule has 0 aliphatic heterocycles. The van der Waals surface area contributed by atoms with E-state index >= 15 is 0 Å². The minimum absolute atomic E-state index is 0.401. The van der Waals surface area contributed by atoms with E-state index < -0.39 is 0 Å². The second kappa shape index (κ2) is 6.04. The Kier molecular flexibility index (Phi) is 4.55. The van der Waals surface area contributed by atoms with Crippen LogP contribution in [0.4, 0.5) is 5.69 Å². The first-order valence-electron chi connectivity index (χ1n) is 7.46. The zero-order chi connectivity index (χ0) is 15.6. The molecule has 0 bridgehead atoms. The Morgan fingerprint density at radius 2 is 1.57 bits per heavy atom. The molecule has 1 saturated carbocycles. The number of hydrogen-bond acceptors (Lipinski definition) is 4. The Bertz CT molecular complexity index is 474. The average Bonchev–Trinajstić information content (AvgIpc) is 2.70. The van der Waals surface area contributed by atoms with Crippen LogP contribution in [0.5, 0.6) is 17.2 Å². The molecule has 0 spiro atoms. The highest BCUT2D eigenvalue weighted by atomic mass is 16.5.